The molecule has 0 saturated heterocycles. The summed E-state index contributed by atoms with van der Waals surface area (Å²) < 4.78 is 19.0. The number of aldehydes is 1. The molecule has 0 radical (unpaired) electrons. The highest BCUT2D eigenvalue weighted by molar-refractivity contribution is 5.56. The average Bonchev–Trinajstić information content (AvgIpc) is 2.53. The number of halogens is 1. The van der Waals surface area contributed by atoms with Gasteiger partial charge in [-0.25, -0.2) is 4.39 Å². The maximum absolute atomic E-state index is 13.4. The van der Waals surface area contributed by atoms with E-state index in [4.69, 9.17) is 4.74 Å². The van der Waals surface area contributed by atoms with Crippen LogP contribution in [0.15, 0.2) is 48.5 Å². The molecule has 0 fully saturated rings. The van der Waals surface area contributed by atoms with Crippen LogP contribution in [0.3, 0.4) is 0 Å². The molecule has 1 N–H and O–H groups in total. The second kappa shape index (κ2) is 7.55. The van der Waals surface area contributed by atoms with E-state index in [1.54, 1.807) is 25.1 Å². The lowest BCUT2D eigenvalue weighted by atomic mass is 10.2. The van der Waals surface area contributed by atoms with Gasteiger partial charge in [-0.2, -0.15) is 0 Å². The SMILES string of the molecule is CC(C=O)NCc1ccc(OCc2ccccc2F)cc1. The third-order valence-corrected chi connectivity index (χ3v) is 3.11. The van der Waals surface area contributed by atoms with E-state index >= 15 is 0 Å². The van der Waals surface area contributed by atoms with Gasteiger partial charge >= 0.3 is 0 Å². The van der Waals surface area contributed by atoms with E-state index in [0.29, 0.717) is 17.9 Å². The van der Waals surface area contributed by atoms with Gasteiger partial charge in [-0.15, -0.1) is 0 Å². The van der Waals surface area contributed by atoms with Crippen LogP contribution in [-0.2, 0) is 17.9 Å². The summed E-state index contributed by atoms with van der Waals surface area (Å²) in [4.78, 5) is 10.5. The molecule has 0 aliphatic heterocycles. The van der Waals surface area contributed by atoms with Crippen molar-refractivity contribution in [3.63, 3.8) is 0 Å². The molecule has 2 rings (SSSR count). The van der Waals surface area contributed by atoms with Gasteiger partial charge in [0.05, 0.1) is 6.04 Å². The predicted octanol–water partition coefficient (Wildman–Crippen LogP) is 3.08. The maximum Gasteiger partial charge on any atom is 0.136 e. The van der Waals surface area contributed by atoms with Crippen LogP contribution in [0.25, 0.3) is 0 Å². The second-order valence-corrected chi connectivity index (χ2v) is 4.83. The number of benzene rings is 2. The van der Waals surface area contributed by atoms with Gasteiger partial charge < -0.3 is 14.8 Å². The first-order chi connectivity index (χ1) is 10.2. The second-order valence-electron chi connectivity index (χ2n) is 4.83. The minimum Gasteiger partial charge on any atom is -0.489 e. The lowest BCUT2D eigenvalue weighted by molar-refractivity contribution is -0.109. The van der Waals surface area contributed by atoms with Crippen LogP contribution >= 0.6 is 0 Å². The maximum atomic E-state index is 13.4. The number of ether oxygens (including phenoxy) is 1. The van der Waals surface area contributed by atoms with Gasteiger partial charge in [-0.1, -0.05) is 30.3 Å². The summed E-state index contributed by atoms with van der Waals surface area (Å²) in [5.74, 6) is 0.423. The summed E-state index contributed by atoms with van der Waals surface area (Å²) in [7, 11) is 0. The first kappa shape index (κ1) is 15.2. The minimum atomic E-state index is -0.263. The molecule has 2 aromatic rings. The number of carbonyl (C=O) groups is 1. The molecule has 0 bridgehead atoms. The standard InChI is InChI=1S/C17H18FNO2/c1-13(11-20)19-10-14-6-8-16(9-7-14)21-12-15-4-2-3-5-17(15)18/h2-9,11,13,19H,10,12H2,1H3. The number of hydrogen-bond donors (Lipinski definition) is 1. The Balaban J connectivity index is 1.88. The van der Waals surface area contributed by atoms with Gasteiger partial charge in [0, 0.05) is 12.1 Å². The molecule has 0 aliphatic rings. The van der Waals surface area contributed by atoms with Crippen molar-refractivity contribution in [3.8, 4) is 5.75 Å². The van der Waals surface area contributed by atoms with E-state index in [1.807, 2.05) is 24.3 Å². The molecule has 2 aromatic carbocycles. The van der Waals surface area contributed by atoms with Crippen LogP contribution in [-0.4, -0.2) is 12.3 Å². The topological polar surface area (TPSA) is 38.3 Å². The van der Waals surface area contributed by atoms with Crippen molar-refractivity contribution in [2.45, 2.75) is 26.1 Å². The average molecular weight is 287 g/mol. The third-order valence-electron chi connectivity index (χ3n) is 3.11. The number of nitrogens with one attached hydrogen (secondary N) is 1. The Hall–Kier alpha value is -2.20. The number of carbonyl (C=O) groups excluding carboxylic acids is 1. The molecule has 3 nitrogen and oxygen atoms in total. The van der Waals surface area contributed by atoms with Crippen LogP contribution in [0.5, 0.6) is 5.75 Å². The Labute approximate surface area is 123 Å². The van der Waals surface area contributed by atoms with Crippen molar-refractivity contribution >= 4 is 6.29 Å². The van der Waals surface area contributed by atoms with E-state index in [9.17, 15) is 9.18 Å². The van der Waals surface area contributed by atoms with E-state index < -0.39 is 0 Å². The fraction of sp³-hybridized carbons (Fsp3) is 0.235. The highest BCUT2D eigenvalue weighted by atomic mass is 19.1. The van der Waals surface area contributed by atoms with Crippen molar-refractivity contribution < 1.29 is 13.9 Å². The quantitative estimate of drug-likeness (QED) is 0.795. The lowest BCUT2D eigenvalue weighted by Crippen LogP contribution is -2.26. The van der Waals surface area contributed by atoms with E-state index in [-0.39, 0.29) is 18.5 Å². The largest absolute Gasteiger partial charge is 0.489 e. The Morgan fingerprint density at radius 2 is 1.90 bits per heavy atom. The summed E-state index contributed by atoms with van der Waals surface area (Å²) in [5, 5.41) is 3.07. The Kier molecular flexibility index (Phi) is 5.46. The molecule has 0 aromatic heterocycles. The highest BCUT2D eigenvalue weighted by Gasteiger charge is 2.02. The summed E-state index contributed by atoms with van der Waals surface area (Å²) >= 11 is 0. The Morgan fingerprint density at radius 3 is 2.57 bits per heavy atom. The Bertz CT molecular complexity index is 584. The molecule has 4 heteroatoms. The molecule has 0 amide bonds. The molecule has 1 atom stereocenters. The van der Waals surface area contributed by atoms with Gasteiger partial charge in [0.15, 0.2) is 0 Å². The van der Waals surface area contributed by atoms with E-state index in [2.05, 4.69) is 5.32 Å². The van der Waals surface area contributed by atoms with Crippen molar-refractivity contribution in [1.29, 1.82) is 0 Å². The molecule has 110 valence electrons. The van der Waals surface area contributed by atoms with Crippen LogP contribution in [0, 0.1) is 5.82 Å². The number of hydrogen-bond acceptors (Lipinski definition) is 3. The zero-order valence-corrected chi connectivity index (χ0v) is 11.9. The summed E-state index contributed by atoms with van der Waals surface area (Å²) in [6.07, 6.45) is 0.867. The first-order valence-corrected chi connectivity index (χ1v) is 6.83. The number of rotatable bonds is 7. The van der Waals surface area contributed by atoms with Crippen LogP contribution < -0.4 is 10.1 Å². The van der Waals surface area contributed by atoms with Crippen LogP contribution in [0.4, 0.5) is 4.39 Å². The highest BCUT2D eigenvalue weighted by Crippen LogP contribution is 2.15. The van der Waals surface area contributed by atoms with Gasteiger partial charge in [0.2, 0.25) is 0 Å². The lowest BCUT2D eigenvalue weighted by Gasteiger charge is -2.09. The van der Waals surface area contributed by atoms with Gasteiger partial charge in [-0.3, -0.25) is 0 Å². The van der Waals surface area contributed by atoms with Crippen LogP contribution in [0.1, 0.15) is 18.1 Å². The van der Waals surface area contributed by atoms with Gasteiger partial charge in [-0.05, 0) is 30.7 Å². The summed E-state index contributed by atoms with van der Waals surface area (Å²) in [5.41, 5.74) is 1.59. The van der Waals surface area contributed by atoms with E-state index in [1.165, 1.54) is 6.07 Å². The summed E-state index contributed by atoms with van der Waals surface area (Å²) in [6, 6.07) is 13.9. The normalized spacial score (nSPS) is 11.9. The molecule has 21 heavy (non-hydrogen) atoms. The smallest absolute Gasteiger partial charge is 0.136 e. The molecular weight excluding hydrogens is 269 g/mol. The minimum absolute atomic E-state index is 0.165. The Morgan fingerprint density at radius 1 is 1.19 bits per heavy atom. The van der Waals surface area contributed by atoms with Gasteiger partial charge in [0.1, 0.15) is 24.5 Å². The fourth-order valence-electron chi connectivity index (χ4n) is 1.81. The van der Waals surface area contributed by atoms with Crippen molar-refractivity contribution in [3.05, 3.63) is 65.5 Å². The molecule has 1 unspecified atom stereocenters. The van der Waals surface area contributed by atoms with Crippen molar-refractivity contribution in [1.82, 2.24) is 5.32 Å². The molecule has 0 saturated carbocycles. The van der Waals surface area contributed by atoms with Crippen molar-refractivity contribution in [2.24, 2.45) is 0 Å². The van der Waals surface area contributed by atoms with Crippen molar-refractivity contribution in [2.75, 3.05) is 0 Å². The third kappa shape index (κ3) is 4.68. The molecular formula is C17H18FNO2. The fourth-order valence-corrected chi connectivity index (χ4v) is 1.81. The zero-order valence-electron chi connectivity index (χ0n) is 11.9. The molecule has 0 aliphatic carbocycles. The monoisotopic (exact) mass is 287 g/mol. The van der Waals surface area contributed by atoms with Gasteiger partial charge in [0.25, 0.3) is 0 Å². The molecule has 0 heterocycles. The predicted molar refractivity (Wildman–Crippen MR) is 79.5 cm³/mol. The van der Waals surface area contributed by atoms with Crippen LogP contribution in [0.2, 0.25) is 0 Å². The first-order valence-electron chi connectivity index (χ1n) is 6.83. The zero-order chi connectivity index (χ0) is 15.1. The summed E-state index contributed by atoms with van der Waals surface area (Å²) in [6.45, 7) is 2.62. The van der Waals surface area contributed by atoms with E-state index in [0.717, 1.165) is 11.8 Å². The molecule has 0 spiro atoms.